The quantitative estimate of drug-likeness (QED) is 0.789. The van der Waals surface area contributed by atoms with Gasteiger partial charge in [0.1, 0.15) is 23.3 Å². The Labute approximate surface area is 135 Å². The number of hydrogen-bond acceptors (Lipinski definition) is 5. The molecule has 1 N–H and O–H groups in total. The molecule has 0 atom stereocenters. The Morgan fingerprint density at radius 2 is 2.22 bits per heavy atom. The first-order valence-corrected chi connectivity index (χ1v) is 7.48. The fraction of sp³-hybridized carbons (Fsp3) is 0.0625. The number of rotatable bonds is 3. The number of aryl methyl sites for hydroxylation is 1. The number of furan rings is 1. The van der Waals surface area contributed by atoms with E-state index in [1.165, 1.54) is 23.5 Å². The standard InChI is InChI=1S/C16H10FN3O2S/c1-9-2-5-14(22-9)16-20-13(8-23-16)15(21)19-11-3-4-12(17)10(6-11)7-18/h2-6,8H,1H3,(H,19,21). The lowest BCUT2D eigenvalue weighted by Crippen LogP contribution is -2.12. The van der Waals surface area contributed by atoms with Crippen LogP contribution in [0.2, 0.25) is 0 Å². The molecule has 0 saturated heterocycles. The number of benzene rings is 1. The van der Waals surface area contributed by atoms with Gasteiger partial charge in [-0.25, -0.2) is 9.37 Å². The fourth-order valence-electron chi connectivity index (χ4n) is 1.92. The average Bonchev–Trinajstić information content (AvgIpc) is 3.18. The summed E-state index contributed by atoms with van der Waals surface area (Å²) in [4.78, 5) is 16.4. The number of nitrogens with zero attached hydrogens (tertiary/aromatic N) is 2. The molecule has 2 heterocycles. The molecular weight excluding hydrogens is 317 g/mol. The number of hydrogen-bond donors (Lipinski definition) is 1. The average molecular weight is 327 g/mol. The Balaban J connectivity index is 1.79. The van der Waals surface area contributed by atoms with Crippen molar-refractivity contribution in [3.05, 3.63) is 58.5 Å². The Morgan fingerprint density at radius 3 is 2.91 bits per heavy atom. The summed E-state index contributed by atoms with van der Waals surface area (Å²) in [5, 5.41) is 13.6. The van der Waals surface area contributed by atoms with Crippen LogP contribution in [-0.4, -0.2) is 10.9 Å². The largest absolute Gasteiger partial charge is 0.459 e. The Bertz CT molecular complexity index is 924. The number of carbonyl (C=O) groups excluding carboxylic acids is 1. The minimum absolute atomic E-state index is 0.132. The van der Waals surface area contributed by atoms with Crippen molar-refractivity contribution in [2.24, 2.45) is 0 Å². The van der Waals surface area contributed by atoms with Gasteiger partial charge in [-0.3, -0.25) is 4.79 Å². The van der Waals surface area contributed by atoms with Gasteiger partial charge in [0.05, 0.1) is 5.56 Å². The van der Waals surface area contributed by atoms with Crippen LogP contribution in [0.5, 0.6) is 0 Å². The summed E-state index contributed by atoms with van der Waals surface area (Å²) in [6.07, 6.45) is 0. The molecule has 5 nitrogen and oxygen atoms in total. The molecule has 0 fully saturated rings. The van der Waals surface area contributed by atoms with E-state index in [1.54, 1.807) is 17.5 Å². The van der Waals surface area contributed by atoms with Crippen LogP contribution in [0.1, 0.15) is 21.8 Å². The van der Waals surface area contributed by atoms with E-state index in [0.717, 1.165) is 11.8 Å². The summed E-state index contributed by atoms with van der Waals surface area (Å²) in [6.45, 7) is 1.83. The molecule has 0 unspecified atom stereocenters. The normalized spacial score (nSPS) is 10.3. The van der Waals surface area contributed by atoms with E-state index in [0.29, 0.717) is 16.5 Å². The zero-order valence-electron chi connectivity index (χ0n) is 12.0. The summed E-state index contributed by atoms with van der Waals surface area (Å²) in [5.41, 5.74) is 0.422. The summed E-state index contributed by atoms with van der Waals surface area (Å²) in [6, 6.07) is 9.12. The highest BCUT2D eigenvalue weighted by Crippen LogP contribution is 2.26. The van der Waals surface area contributed by atoms with E-state index < -0.39 is 11.7 Å². The molecule has 0 bridgehead atoms. The highest BCUT2D eigenvalue weighted by atomic mass is 32.1. The lowest BCUT2D eigenvalue weighted by molar-refractivity contribution is 0.102. The minimum Gasteiger partial charge on any atom is -0.459 e. The first kappa shape index (κ1) is 14.9. The van der Waals surface area contributed by atoms with Gasteiger partial charge in [0, 0.05) is 11.1 Å². The number of nitrogens with one attached hydrogen (secondary N) is 1. The van der Waals surface area contributed by atoms with E-state index in [-0.39, 0.29) is 11.3 Å². The highest BCUT2D eigenvalue weighted by molar-refractivity contribution is 7.13. The fourth-order valence-corrected chi connectivity index (χ4v) is 2.68. The SMILES string of the molecule is Cc1ccc(-c2nc(C(=O)Nc3ccc(F)c(C#N)c3)cs2)o1. The van der Waals surface area contributed by atoms with E-state index >= 15 is 0 Å². The van der Waals surface area contributed by atoms with E-state index in [2.05, 4.69) is 10.3 Å². The van der Waals surface area contributed by atoms with E-state index in [4.69, 9.17) is 9.68 Å². The molecule has 114 valence electrons. The molecule has 0 saturated carbocycles. The molecule has 23 heavy (non-hydrogen) atoms. The molecule has 0 aliphatic carbocycles. The van der Waals surface area contributed by atoms with Crippen molar-refractivity contribution in [1.29, 1.82) is 5.26 Å². The van der Waals surface area contributed by atoms with Crippen molar-refractivity contribution >= 4 is 22.9 Å². The van der Waals surface area contributed by atoms with Crippen molar-refractivity contribution in [3.8, 4) is 16.8 Å². The molecule has 0 aliphatic rings. The maximum Gasteiger partial charge on any atom is 0.275 e. The maximum absolute atomic E-state index is 13.3. The number of halogens is 1. The van der Waals surface area contributed by atoms with Gasteiger partial charge in [-0.15, -0.1) is 11.3 Å². The zero-order valence-corrected chi connectivity index (χ0v) is 12.8. The number of carbonyl (C=O) groups is 1. The highest BCUT2D eigenvalue weighted by Gasteiger charge is 2.14. The summed E-state index contributed by atoms with van der Waals surface area (Å²) >= 11 is 1.29. The molecule has 1 aromatic carbocycles. The monoisotopic (exact) mass is 327 g/mol. The molecular formula is C16H10FN3O2S. The van der Waals surface area contributed by atoms with Gasteiger partial charge in [0.25, 0.3) is 5.91 Å². The van der Waals surface area contributed by atoms with Crippen LogP contribution in [0.15, 0.2) is 40.1 Å². The number of amides is 1. The van der Waals surface area contributed by atoms with Gasteiger partial charge < -0.3 is 9.73 Å². The number of aromatic nitrogens is 1. The first-order valence-electron chi connectivity index (χ1n) is 6.60. The van der Waals surface area contributed by atoms with Crippen molar-refractivity contribution < 1.29 is 13.6 Å². The first-order chi connectivity index (χ1) is 11.1. The van der Waals surface area contributed by atoms with Crippen LogP contribution < -0.4 is 5.32 Å². The van der Waals surface area contributed by atoms with Gasteiger partial charge in [0.15, 0.2) is 10.8 Å². The number of thiazole rings is 1. The molecule has 0 radical (unpaired) electrons. The third-order valence-corrected chi connectivity index (χ3v) is 3.89. The lowest BCUT2D eigenvalue weighted by atomic mass is 10.2. The van der Waals surface area contributed by atoms with E-state index in [9.17, 15) is 9.18 Å². The Morgan fingerprint density at radius 1 is 1.39 bits per heavy atom. The minimum atomic E-state index is -0.630. The van der Waals surface area contributed by atoms with Crippen molar-refractivity contribution in [1.82, 2.24) is 4.98 Å². The van der Waals surface area contributed by atoms with Gasteiger partial charge in [-0.1, -0.05) is 0 Å². The molecule has 2 aromatic heterocycles. The third kappa shape index (κ3) is 3.12. The third-order valence-electron chi connectivity index (χ3n) is 3.03. The van der Waals surface area contributed by atoms with Crippen LogP contribution in [0, 0.1) is 24.1 Å². The van der Waals surface area contributed by atoms with Gasteiger partial charge in [-0.2, -0.15) is 5.26 Å². The van der Waals surface area contributed by atoms with Crippen molar-refractivity contribution in [2.45, 2.75) is 6.92 Å². The topological polar surface area (TPSA) is 78.9 Å². The predicted molar refractivity (Wildman–Crippen MR) is 83.6 cm³/mol. The zero-order chi connectivity index (χ0) is 16.4. The second-order valence-corrected chi connectivity index (χ2v) is 5.57. The molecule has 0 aliphatic heterocycles. The van der Waals surface area contributed by atoms with Gasteiger partial charge >= 0.3 is 0 Å². The lowest BCUT2D eigenvalue weighted by Gasteiger charge is -2.03. The van der Waals surface area contributed by atoms with Crippen LogP contribution in [0.25, 0.3) is 10.8 Å². The van der Waals surface area contributed by atoms with Gasteiger partial charge in [-0.05, 0) is 37.3 Å². The predicted octanol–water partition coefficient (Wildman–Crippen LogP) is 3.97. The summed E-state index contributed by atoms with van der Waals surface area (Å²) in [5.74, 6) is 0.289. The van der Waals surface area contributed by atoms with Crippen molar-refractivity contribution in [2.75, 3.05) is 5.32 Å². The second-order valence-electron chi connectivity index (χ2n) is 4.71. The Hall–Kier alpha value is -2.98. The molecule has 3 rings (SSSR count). The summed E-state index contributed by atoms with van der Waals surface area (Å²) in [7, 11) is 0. The van der Waals surface area contributed by atoms with Crippen LogP contribution >= 0.6 is 11.3 Å². The molecule has 3 aromatic rings. The van der Waals surface area contributed by atoms with Gasteiger partial charge in [0.2, 0.25) is 0 Å². The van der Waals surface area contributed by atoms with Crippen LogP contribution in [-0.2, 0) is 0 Å². The Kier molecular flexibility index (Phi) is 3.91. The smallest absolute Gasteiger partial charge is 0.275 e. The van der Waals surface area contributed by atoms with Crippen LogP contribution in [0.3, 0.4) is 0 Å². The van der Waals surface area contributed by atoms with Crippen LogP contribution in [0.4, 0.5) is 10.1 Å². The molecule has 7 heteroatoms. The van der Waals surface area contributed by atoms with E-state index in [1.807, 2.05) is 13.0 Å². The molecule has 1 amide bonds. The second kappa shape index (κ2) is 6.02. The number of nitriles is 1. The number of anilines is 1. The summed E-state index contributed by atoms with van der Waals surface area (Å²) < 4.78 is 18.7. The molecule has 0 spiro atoms. The maximum atomic E-state index is 13.3. The van der Waals surface area contributed by atoms with Crippen molar-refractivity contribution in [3.63, 3.8) is 0 Å².